The second kappa shape index (κ2) is 7.06. The standard InChI is InChI=1S/C18H13F2N3O2S/c1-9-10(2)26-17-14(9)16(24)22-15(23-17)12(8-21)7-11-3-5-13(6-4-11)25-18(19)20/h3-7,18H,1-2H3,(H,22,23,24). The number of aromatic amines is 1. The highest BCUT2D eigenvalue weighted by atomic mass is 32.1. The Bertz CT molecular complexity index is 1090. The number of nitrogens with zero attached hydrogens (tertiary/aromatic N) is 2. The second-order valence-corrected chi connectivity index (χ2v) is 6.70. The Morgan fingerprint density at radius 2 is 2.04 bits per heavy atom. The summed E-state index contributed by atoms with van der Waals surface area (Å²) in [5.41, 5.74) is 1.33. The average Bonchev–Trinajstić information content (AvgIpc) is 2.88. The minimum atomic E-state index is -2.90. The van der Waals surface area contributed by atoms with Crippen molar-refractivity contribution >= 4 is 33.2 Å². The van der Waals surface area contributed by atoms with Crippen molar-refractivity contribution in [2.75, 3.05) is 0 Å². The Balaban J connectivity index is 2.01. The van der Waals surface area contributed by atoms with Crippen molar-refractivity contribution in [3.8, 4) is 11.8 Å². The minimum absolute atomic E-state index is 0.0214. The number of aryl methyl sites for hydroxylation is 2. The molecule has 0 amide bonds. The molecule has 0 saturated heterocycles. The van der Waals surface area contributed by atoms with Crippen molar-refractivity contribution in [2.24, 2.45) is 0 Å². The molecular weight excluding hydrogens is 360 g/mol. The number of ether oxygens (including phenoxy) is 1. The lowest BCUT2D eigenvalue weighted by molar-refractivity contribution is -0.0498. The third-order valence-corrected chi connectivity index (χ3v) is 4.93. The molecule has 26 heavy (non-hydrogen) atoms. The fourth-order valence-electron chi connectivity index (χ4n) is 2.45. The van der Waals surface area contributed by atoms with E-state index in [0.29, 0.717) is 15.8 Å². The topological polar surface area (TPSA) is 78.8 Å². The van der Waals surface area contributed by atoms with E-state index in [1.165, 1.54) is 41.7 Å². The SMILES string of the molecule is Cc1sc2nc(C(C#N)=Cc3ccc(OC(F)F)cc3)[nH]c(=O)c2c1C. The number of nitriles is 1. The van der Waals surface area contributed by atoms with Crippen LogP contribution in [-0.4, -0.2) is 16.6 Å². The molecule has 5 nitrogen and oxygen atoms in total. The summed E-state index contributed by atoms with van der Waals surface area (Å²) < 4.78 is 28.7. The van der Waals surface area contributed by atoms with Crippen LogP contribution in [0.25, 0.3) is 21.9 Å². The smallest absolute Gasteiger partial charge is 0.387 e. The van der Waals surface area contributed by atoms with E-state index in [9.17, 15) is 18.8 Å². The van der Waals surface area contributed by atoms with E-state index in [2.05, 4.69) is 14.7 Å². The molecule has 0 aliphatic heterocycles. The van der Waals surface area contributed by atoms with E-state index in [0.717, 1.165) is 10.4 Å². The monoisotopic (exact) mass is 373 g/mol. The molecule has 0 spiro atoms. The van der Waals surface area contributed by atoms with Crippen molar-refractivity contribution in [1.29, 1.82) is 5.26 Å². The quantitative estimate of drug-likeness (QED) is 0.693. The van der Waals surface area contributed by atoms with Crippen LogP contribution in [0.3, 0.4) is 0 Å². The van der Waals surface area contributed by atoms with Crippen LogP contribution in [0.15, 0.2) is 29.1 Å². The number of allylic oxidation sites excluding steroid dienone is 1. The van der Waals surface area contributed by atoms with Gasteiger partial charge in [-0.2, -0.15) is 14.0 Å². The van der Waals surface area contributed by atoms with Crippen LogP contribution < -0.4 is 10.3 Å². The summed E-state index contributed by atoms with van der Waals surface area (Å²) >= 11 is 1.39. The first-order valence-corrected chi connectivity index (χ1v) is 8.37. The van der Waals surface area contributed by atoms with Crippen LogP contribution in [0.4, 0.5) is 8.78 Å². The fourth-order valence-corrected chi connectivity index (χ4v) is 3.48. The van der Waals surface area contributed by atoms with E-state index < -0.39 is 6.61 Å². The number of nitrogens with one attached hydrogen (secondary N) is 1. The first-order chi connectivity index (χ1) is 12.4. The van der Waals surface area contributed by atoms with E-state index in [1.807, 2.05) is 19.9 Å². The van der Waals surface area contributed by atoms with Crippen molar-refractivity contribution in [1.82, 2.24) is 9.97 Å². The Morgan fingerprint density at radius 1 is 1.35 bits per heavy atom. The average molecular weight is 373 g/mol. The first kappa shape index (κ1) is 17.8. The van der Waals surface area contributed by atoms with Gasteiger partial charge in [-0.05, 0) is 43.2 Å². The van der Waals surface area contributed by atoms with Gasteiger partial charge in [0.05, 0.1) is 11.0 Å². The number of alkyl halides is 2. The molecular formula is C18H13F2N3O2S. The molecule has 0 saturated carbocycles. The van der Waals surface area contributed by atoms with Crippen molar-refractivity contribution in [3.05, 3.63) is 56.4 Å². The maximum atomic E-state index is 12.3. The predicted octanol–water partition coefficient (Wildman–Crippen LogP) is 4.27. The summed E-state index contributed by atoms with van der Waals surface area (Å²) in [5.74, 6) is 0.187. The molecule has 0 bridgehead atoms. The number of benzene rings is 1. The molecule has 0 fully saturated rings. The number of fused-ring (bicyclic) bond motifs is 1. The van der Waals surface area contributed by atoms with Crippen LogP contribution in [0.5, 0.6) is 5.75 Å². The van der Waals surface area contributed by atoms with Crippen LogP contribution in [-0.2, 0) is 0 Å². The van der Waals surface area contributed by atoms with Gasteiger partial charge in [0.25, 0.3) is 5.56 Å². The molecule has 1 N–H and O–H groups in total. The van der Waals surface area contributed by atoms with Gasteiger partial charge >= 0.3 is 6.61 Å². The largest absolute Gasteiger partial charge is 0.435 e. The van der Waals surface area contributed by atoms with Gasteiger partial charge in [0.1, 0.15) is 16.6 Å². The molecule has 0 radical (unpaired) electrons. The molecule has 2 heterocycles. The molecule has 1 aromatic carbocycles. The van der Waals surface area contributed by atoms with Gasteiger partial charge in [-0.1, -0.05) is 12.1 Å². The maximum absolute atomic E-state index is 12.3. The highest BCUT2D eigenvalue weighted by Gasteiger charge is 2.14. The zero-order valence-corrected chi connectivity index (χ0v) is 14.7. The van der Waals surface area contributed by atoms with Crippen LogP contribution in [0.2, 0.25) is 0 Å². The Labute approximate surface area is 151 Å². The minimum Gasteiger partial charge on any atom is -0.435 e. The number of H-pyrrole nitrogens is 1. The molecule has 3 aromatic rings. The number of hydrogen-bond donors (Lipinski definition) is 1. The van der Waals surface area contributed by atoms with Gasteiger partial charge < -0.3 is 9.72 Å². The highest BCUT2D eigenvalue weighted by molar-refractivity contribution is 7.18. The lowest BCUT2D eigenvalue weighted by atomic mass is 10.1. The van der Waals surface area contributed by atoms with Crippen molar-refractivity contribution in [3.63, 3.8) is 0 Å². The molecule has 3 rings (SSSR count). The molecule has 132 valence electrons. The number of thiophene rings is 1. The lowest BCUT2D eigenvalue weighted by Crippen LogP contribution is -2.10. The number of aromatic nitrogens is 2. The highest BCUT2D eigenvalue weighted by Crippen LogP contribution is 2.27. The zero-order chi connectivity index (χ0) is 18.8. The molecule has 0 aliphatic carbocycles. The Morgan fingerprint density at radius 3 is 2.65 bits per heavy atom. The molecule has 0 unspecified atom stereocenters. The summed E-state index contributed by atoms with van der Waals surface area (Å²) in [6.07, 6.45) is 1.52. The lowest BCUT2D eigenvalue weighted by Gasteiger charge is -2.04. The van der Waals surface area contributed by atoms with Gasteiger partial charge in [0.2, 0.25) is 0 Å². The second-order valence-electron chi connectivity index (χ2n) is 5.50. The Kier molecular flexibility index (Phi) is 4.82. The number of hydrogen-bond acceptors (Lipinski definition) is 5. The fraction of sp³-hybridized carbons (Fsp3) is 0.167. The third-order valence-electron chi connectivity index (χ3n) is 3.83. The zero-order valence-electron chi connectivity index (χ0n) is 13.8. The van der Waals surface area contributed by atoms with Crippen LogP contribution >= 0.6 is 11.3 Å². The van der Waals surface area contributed by atoms with E-state index in [-0.39, 0.29) is 22.7 Å². The molecule has 8 heteroatoms. The molecule has 2 aromatic heterocycles. The van der Waals surface area contributed by atoms with Crippen LogP contribution in [0, 0.1) is 25.2 Å². The number of halogens is 2. The van der Waals surface area contributed by atoms with Gasteiger partial charge in [0.15, 0.2) is 5.82 Å². The van der Waals surface area contributed by atoms with E-state index in [1.54, 1.807) is 0 Å². The predicted molar refractivity (Wildman–Crippen MR) is 96.3 cm³/mol. The van der Waals surface area contributed by atoms with Gasteiger partial charge in [-0.25, -0.2) is 4.98 Å². The summed E-state index contributed by atoms with van der Waals surface area (Å²) in [7, 11) is 0. The van der Waals surface area contributed by atoms with Crippen molar-refractivity contribution in [2.45, 2.75) is 20.5 Å². The summed E-state index contributed by atoms with van der Waals surface area (Å²) in [4.78, 5) is 20.9. The summed E-state index contributed by atoms with van der Waals surface area (Å²) in [5, 5.41) is 9.97. The molecule has 0 atom stereocenters. The normalized spacial score (nSPS) is 11.8. The summed E-state index contributed by atoms with van der Waals surface area (Å²) in [6.45, 7) is 0.865. The van der Waals surface area contributed by atoms with Gasteiger partial charge in [-0.15, -0.1) is 11.3 Å². The van der Waals surface area contributed by atoms with Gasteiger partial charge in [0, 0.05) is 4.88 Å². The summed E-state index contributed by atoms with van der Waals surface area (Å²) in [6, 6.07) is 7.82. The molecule has 0 aliphatic rings. The Hall–Kier alpha value is -3.05. The van der Waals surface area contributed by atoms with Crippen LogP contribution in [0.1, 0.15) is 21.8 Å². The van der Waals surface area contributed by atoms with E-state index >= 15 is 0 Å². The first-order valence-electron chi connectivity index (χ1n) is 7.56. The van der Waals surface area contributed by atoms with Gasteiger partial charge in [-0.3, -0.25) is 4.79 Å². The van der Waals surface area contributed by atoms with Crippen molar-refractivity contribution < 1.29 is 13.5 Å². The van der Waals surface area contributed by atoms with E-state index in [4.69, 9.17) is 0 Å². The number of rotatable bonds is 4. The maximum Gasteiger partial charge on any atom is 0.387 e. The third kappa shape index (κ3) is 3.48.